The van der Waals surface area contributed by atoms with Gasteiger partial charge in [0.25, 0.3) is 5.91 Å². The van der Waals surface area contributed by atoms with Gasteiger partial charge in [-0.05, 0) is 49.4 Å². The third-order valence-electron chi connectivity index (χ3n) is 8.12. The van der Waals surface area contributed by atoms with Crippen molar-refractivity contribution in [3.8, 4) is 0 Å². The van der Waals surface area contributed by atoms with Crippen LogP contribution in [0.15, 0.2) is 49.6 Å². The molecule has 1 aromatic rings. The molecule has 2 amide bonds. The maximum absolute atomic E-state index is 14.5. The van der Waals surface area contributed by atoms with Crippen molar-refractivity contribution in [1.82, 2.24) is 4.90 Å². The Balaban J connectivity index is 1.72. The second-order valence-corrected chi connectivity index (χ2v) is 12.3. The number of carbonyl (C=O) groups excluding carboxylic acids is 3. The molecule has 1 N–H and O–H groups in total. The van der Waals surface area contributed by atoms with Crippen LogP contribution in [0.5, 0.6) is 0 Å². The molecule has 3 aliphatic rings. The number of fused-ring (bicyclic) bond motifs is 1. The summed E-state index contributed by atoms with van der Waals surface area (Å²) in [5.74, 6) is -1.81. The van der Waals surface area contributed by atoms with Crippen LogP contribution in [0.3, 0.4) is 0 Å². The number of nitrogens with zero attached hydrogens (tertiary/aromatic N) is 2. The van der Waals surface area contributed by atoms with Gasteiger partial charge in [-0.3, -0.25) is 14.4 Å². The fourth-order valence-electron chi connectivity index (χ4n) is 6.51. The van der Waals surface area contributed by atoms with E-state index in [1.807, 2.05) is 0 Å². The Kier molecular flexibility index (Phi) is 9.27. The van der Waals surface area contributed by atoms with Gasteiger partial charge in [0, 0.05) is 35.7 Å². The van der Waals surface area contributed by atoms with Crippen LogP contribution in [0.2, 0.25) is 5.02 Å². The van der Waals surface area contributed by atoms with Crippen molar-refractivity contribution in [2.24, 2.45) is 17.8 Å². The van der Waals surface area contributed by atoms with Gasteiger partial charge in [-0.25, -0.2) is 0 Å². The highest BCUT2D eigenvalue weighted by Crippen LogP contribution is 2.68. The number of halogens is 1. The minimum absolute atomic E-state index is 0.0679. The number of hydrogen-bond donors (Lipinski definition) is 1. The fourth-order valence-corrected chi connectivity index (χ4v) is 9.04. The number of hydrogen-bond acceptors (Lipinski definition) is 6. The van der Waals surface area contributed by atoms with Crippen molar-refractivity contribution in [3.05, 3.63) is 54.6 Å². The number of thioether (sulfide) groups is 1. The van der Waals surface area contributed by atoms with Gasteiger partial charge in [-0.15, -0.1) is 18.3 Å². The van der Waals surface area contributed by atoms with Gasteiger partial charge in [0.05, 0.1) is 16.6 Å². The Morgan fingerprint density at radius 2 is 1.92 bits per heavy atom. The highest BCUT2D eigenvalue weighted by molar-refractivity contribution is 8.02. The van der Waals surface area contributed by atoms with Crippen molar-refractivity contribution < 1.29 is 24.2 Å². The number of carbonyl (C=O) groups is 3. The van der Waals surface area contributed by atoms with E-state index in [0.29, 0.717) is 23.7 Å². The molecule has 0 radical (unpaired) electrons. The zero-order valence-electron chi connectivity index (χ0n) is 21.9. The van der Waals surface area contributed by atoms with Crippen LogP contribution in [-0.2, 0) is 19.1 Å². The summed E-state index contributed by atoms with van der Waals surface area (Å²) in [5, 5.41) is 9.64. The average molecular weight is 561 g/mol. The van der Waals surface area contributed by atoms with Crippen LogP contribution in [0.4, 0.5) is 5.69 Å². The van der Waals surface area contributed by atoms with Crippen molar-refractivity contribution >= 4 is 46.8 Å². The largest absolute Gasteiger partial charge is 0.461 e. The lowest BCUT2D eigenvalue weighted by molar-refractivity contribution is -0.153. The number of benzene rings is 1. The summed E-state index contributed by atoms with van der Waals surface area (Å²) in [6, 6.07) is 6.37. The van der Waals surface area contributed by atoms with Crippen molar-refractivity contribution in [3.63, 3.8) is 0 Å². The lowest BCUT2D eigenvalue weighted by Gasteiger charge is -2.40. The zero-order chi connectivity index (χ0) is 27.4. The molecule has 0 aliphatic carbocycles. The Morgan fingerprint density at radius 3 is 2.58 bits per heavy atom. The van der Waals surface area contributed by atoms with Crippen LogP contribution >= 0.6 is 23.4 Å². The van der Waals surface area contributed by atoms with E-state index in [9.17, 15) is 14.4 Å². The minimum atomic E-state index is -0.715. The molecule has 3 fully saturated rings. The molecule has 7 nitrogen and oxygen atoms in total. The number of anilines is 1. The maximum atomic E-state index is 14.5. The van der Waals surface area contributed by atoms with Crippen molar-refractivity contribution in [2.45, 2.75) is 55.1 Å². The SMILES string of the molecule is C=CCOC(=O)[C@@H]1[C@@H]2CC(C)C3(S2)C(C(=O)N(CC=C)c2ccc(Cl)cc2)N(CCCCCCO)C(=O)[C@H]13. The Labute approximate surface area is 234 Å². The molecule has 3 unspecified atom stereocenters. The van der Waals surface area contributed by atoms with E-state index in [1.54, 1.807) is 51.9 Å². The molecular formula is C29H37ClN2O5S. The summed E-state index contributed by atoms with van der Waals surface area (Å²) < 4.78 is 4.74. The predicted molar refractivity (Wildman–Crippen MR) is 151 cm³/mol. The molecule has 6 atom stereocenters. The molecule has 0 aromatic heterocycles. The molecule has 1 aromatic carbocycles. The number of aliphatic hydroxyl groups is 1. The Morgan fingerprint density at radius 1 is 1.21 bits per heavy atom. The minimum Gasteiger partial charge on any atom is -0.461 e. The van der Waals surface area contributed by atoms with E-state index in [-0.39, 0.29) is 48.7 Å². The van der Waals surface area contributed by atoms with Gasteiger partial charge in [-0.2, -0.15) is 0 Å². The van der Waals surface area contributed by atoms with Crippen LogP contribution in [0.1, 0.15) is 39.0 Å². The number of amides is 2. The van der Waals surface area contributed by atoms with Gasteiger partial charge in [0.2, 0.25) is 5.91 Å². The zero-order valence-corrected chi connectivity index (χ0v) is 23.5. The summed E-state index contributed by atoms with van der Waals surface area (Å²) in [4.78, 5) is 45.2. The van der Waals surface area contributed by atoms with Crippen LogP contribution in [0.25, 0.3) is 0 Å². The molecule has 0 saturated carbocycles. The first-order valence-corrected chi connectivity index (χ1v) is 14.6. The molecule has 3 heterocycles. The molecule has 3 saturated heterocycles. The van der Waals surface area contributed by atoms with Crippen molar-refractivity contribution in [2.75, 3.05) is 31.2 Å². The third-order valence-corrected chi connectivity index (χ3v) is 10.4. The number of aliphatic hydroxyl groups excluding tert-OH is 1. The maximum Gasteiger partial charge on any atom is 0.311 e. The summed E-state index contributed by atoms with van der Waals surface area (Å²) in [6.45, 7) is 10.5. The number of likely N-dealkylation sites (tertiary alicyclic amines) is 1. The standard InChI is InChI=1S/C29H37ClN2O5S/c1-4-14-31(21-12-10-20(30)11-13-21)27(35)25-29-19(3)18-22(38-29)23(28(36)37-17-5-2)24(29)26(34)32(25)15-8-6-7-9-16-33/h4-5,10-13,19,22-25,33H,1-2,6-9,14-18H2,3H3/t19?,22-,23+,24-,25?,29?/m0/s1. The van der Waals surface area contributed by atoms with Crippen LogP contribution in [-0.4, -0.2) is 70.1 Å². The number of rotatable bonds is 13. The Bertz CT molecular complexity index is 1070. The summed E-state index contributed by atoms with van der Waals surface area (Å²) in [7, 11) is 0. The molecule has 38 heavy (non-hydrogen) atoms. The molecule has 4 rings (SSSR count). The first-order chi connectivity index (χ1) is 18.3. The summed E-state index contributed by atoms with van der Waals surface area (Å²) >= 11 is 7.75. The van der Waals surface area contributed by atoms with Gasteiger partial charge in [0.15, 0.2) is 0 Å². The van der Waals surface area contributed by atoms with Gasteiger partial charge < -0.3 is 19.6 Å². The van der Waals surface area contributed by atoms with Gasteiger partial charge in [0.1, 0.15) is 12.6 Å². The number of unbranched alkanes of at least 4 members (excludes halogenated alkanes) is 3. The first-order valence-electron chi connectivity index (χ1n) is 13.4. The highest BCUT2D eigenvalue weighted by Gasteiger charge is 2.76. The number of esters is 1. The molecule has 206 valence electrons. The number of ether oxygens (including phenoxy) is 1. The van der Waals surface area contributed by atoms with Gasteiger partial charge in [-0.1, -0.05) is 50.1 Å². The molecule has 3 aliphatic heterocycles. The molecule has 1 spiro atoms. The first kappa shape index (κ1) is 28.7. The normalized spacial score (nSPS) is 29.3. The van der Waals surface area contributed by atoms with E-state index in [4.69, 9.17) is 21.4 Å². The second kappa shape index (κ2) is 12.3. The van der Waals surface area contributed by atoms with E-state index >= 15 is 0 Å². The predicted octanol–water partition coefficient (Wildman–Crippen LogP) is 4.48. The quantitative estimate of drug-likeness (QED) is 0.217. The van der Waals surface area contributed by atoms with Crippen molar-refractivity contribution in [1.29, 1.82) is 0 Å². The smallest absolute Gasteiger partial charge is 0.311 e. The fraction of sp³-hybridized carbons (Fsp3) is 0.552. The topological polar surface area (TPSA) is 87.2 Å². The van der Waals surface area contributed by atoms with E-state index in [1.165, 1.54) is 6.08 Å². The lowest BCUT2D eigenvalue weighted by Crippen LogP contribution is -2.57. The Hall–Kier alpha value is -2.29. The summed E-state index contributed by atoms with van der Waals surface area (Å²) in [5.41, 5.74) is 0.682. The lowest BCUT2D eigenvalue weighted by atomic mass is 9.66. The van der Waals surface area contributed by atoms with Crippen LogP contribution in [0, 0.1) is 17.8 Å². The second-order valence-electron chi connectivity index (χ2n) is 10.4. The van der Waals surface area contributed by atoms with E-state index in [0.717, 1.165) is 25.7 Å². The van der Waals surface area contributed by atoms with E-state index < -0.39 is 22.6 Å². The molecule has 2 bridgehead atoms. The third kappa shape index (κ3) is 5.03. The van der Waals surface area contributed by atoms with E-state index in [2.05, 4.69) is 20.1 Å². The summed E-state index contributed by atoms with van der Waals surface area (Å²) in [6.07, 6.45) is 7.06. The monoisotopic (exact) mass is 560 g/mol. The molecule has 9 heteroatoms. The molecular weight excluding hydrogens is 524 g/mol. The highest BCUT2D eigenvalue weighted by atomic mass is 35.5. The average Bonchev–Trinajstić information content (AvgIpc) is 3.49. The van der Waals surface area contributed by atoms with Crippen LogP contribution < -0.4 is 4.90 Å². The van der Waals surface area contributed by atoms with Gasteiger partial charge >= 0.3 is 5.97 Å².